The van der Waals surface area contributed by atoms with Crippen molar-refractivity contribution in [1.82, 2.24) is 4.98 Å². The van der Waals surface area contributed by atoms with Gasteiger partial charge in [0, 0.05) is 16.0 Å². The molecule has 0 bridgehead atoms. The summed E-state index contributed by atoms with van der Waals surface area (Å²) in [5.41, 5.74) is 2.32. The van der Waals surface area contributed by atoms with Gasteiger partial charge in [0.2, 0.25) is 0 Å². The van der Waals surface area contributed by atoms with Gasteiger partial charge < -0.3 is 0 Å². The van der Waals surface area contributed by atoms with Gasteiger partial charge in [-0.1, -0.05) is 25.4 Å². The predicted molar refractivity (Wildman–Crippen MR) is 73.4 cm³/mol. The number of aromatic nitrogens is 1. The Bertz CT molecular complexity index is 541. The van der Waals surface area contributed by atoms with Crippen molar-refractivity contribution in [2.75, 3.05) is 0 Å². The van der Waals surface area contributed by atoms with Gasteiger partial charge in [0.25, 0.3) is 0 Å². The van der Waals surface area contributed by atoms with Gasteiger partial charge in [0.1, 0.15) is 0 Å². The van der Waals surface area contributed by atoms with E-state index in [4.69, 9.17) is 16.9 Å². The molecule has 2 nitrogen and oxygen atoms in total. The summed E-state index contributed by atoms with van der Waals surface area (Å²) in [5.74, 6) is 0. The molecule has 1 heterocycles. The van der Waals surface area contributed by atoms with Crippen molar-refractivity contribution in [2.45, 2.75) is 20.8 Å². The molecule has 1 aromatic carbocycles. The number of nitriles is 1. The number of rotatable bonds is 1. The minimum absolute atomic E-state index is 0.558. The minimum atomic E-state index is 0.558. The molecule has 2 aromatic rings. The summed E-state index contributed by atoms with van der Waals surface area (Å²) in [4.78, 5) is 4.35. The van der Waals surface area contributed by atoms with Gasteiger partial charge in [-0.05, 0) is 25.1 Å². The number of thiazole rings is 1. The summed E-state index contributed by atoms with van der Waals surface area (Å²) < 4.78 is 0. The van der Waals surface area contributed by atoms with Crippen LogP contribution in [0.5, 0.6) is 0 Å². The van der Waals surface area contributed by atoms with Crippen molar-refractivity contribution in [3.63, 3.8) is 0 Å². The third-order valence-corrected chi connectivity index (χ3v) is 2.93. The van der Waals surface area contributed by atoms with Gasteiger partial charge in [0.05, 0.1) is 22.3 Å². The molecule has 0 N–H and O–H groups in total. The van der Waals surface area contributed by atoms with Crippen molar-refractivity contribution >= 4 is 22.9 Å². The summed E-state index contributed by atoms with van der Waals surface area (Å²) in [6.07, 6.45) is 0. The van der Waals surface area contributed by atoms with E-state index in [-0.39, 0.29) is 0 Å². The molecule has 0 amide bonds. The average molecular weight is 265 g/mol. The van der Waals surface area contributed by atoms with E-state index in [1.54, 1.807) is 23.5 Å². The van der Waals surface area contributed by atoms with E-state index in [1.807, 2.05) is 32.2 Å². The molecule has 88 valence electrons. The molecule has 0 atom stereocenters. The van der Waals surface area contributed by atoms with Gasteiger partial charge in [-0.3, -0.25) is 0 Å². The van der Waals surface area contributed by atoms with E-state index < -0.39 is 0 Å². The maximum Gasteiger partial charge on any atom is 0.0992 e. The largest absolute Gasteiger partial charge is 0.242 e. The highest BCUT2D eigenvalue weighted by Crippen LogP contribution is 2.25. The fourth-order valence-corrected chi connectivity index (χ4v) is 2.16. The number of halogens is 1. The van der Waals surface area contributed by atoms with Crippen LogP contribution < -0.4 is 0 Å². The summed E-state index contributed by atoms with van der Waals surface area (Å²) in [6, 6.07) is 7.33. The highest BCUT2D eigenvalue weighted by atomic mass is 35.5. The summed E-state index contributed by atoms with van der Waals surface area (Å²) in [6.45, 7) is 5.95. The third-order valence-electron chi connectivity index (χ3n) is 1.94. The van der Waals surface area contributed by atoms with Crippen LogP contribution in [0.2, 0.25) is 5.02 Å². The highest BCUT2D eigenvalue weighted by Gasteiger charge is 2.04. The quantitative estimate of drug-likeness (QED) is 0.750. The van der Waals surface area contributed by atoms with Crippen LogP contribution in [0, 0.1) is 18.3 Å². The van der Waals surface area contributed by atoms with Crippen LogP contribution in [0.25, 0.3) is 11.3 Å². The molecule has 0 aliphatic heterocycles. The fraction of sp³-hybridized carbons (Fsp3) is 0.231. The molecule has 17 heavy (non-hydrogen) atoms. The van der Waals surface area contributed by atoms with Crippen LogP contribution in [0.1, 0.15) is 24.4 Å². The third kappa shape index (κ3) is 3.55. The van der Waals surface area contributed by atoms with Gasteiger partial charge in [0.15, 0.2) is 0 Å². The van der Waals surface area contributed by atoms with Crippen LogP contribution in [-0.2, 0) is 0 Å². The smallest absolute Gasteiger partial charge is 0.0992 e. The molecule has 1 aromatic heterocycles. The Hall–Kier alpha value is -1.37. The molecule has 0 aliphatic rings. The summed E-state index contributed by atoms with van der Waals surface area (Å²) in [5, 5.41) is 12.3. The van der Waals surface area contributed by atoms with Crippen molar-refractivity contribution < 1.29 is 0 Å². The fourth-order valence-electron chi connectivity index (χ4n) is 1.30. The van der Waals surface area contributed by atoms with Crippen LogP contribution in [0.4, 0.5) is 0 Å². The molecule has 0 saturated heterocycles. The zero-order valence-electron chi connectivity index (χ0n) is 9.99. The number of hydrogen-bond acceptors (Lipinski definition) is 3. The van der Waals surface area contributed by atoms with Crippen LogP contribution in [0.3, 0.4) is 0 Å². The van der Waals surface area contributed by atoms with Gasteiger partial charge in [-0.25, -0.2) is 4.98 Å². The maximum atomic E-state index is 8.81. The standard InChI is InChI=1S/C11H7ClN2S.C2H6/c1-7-14-11(6-15-7)9-2-8(5-13)3-10(12)4-9;1-2/h2-4,6H,1H3;1-2H3. The number of hydrogen-bond donors (Lipinski definition) is 0. The SMILES string of the molecule is CC.Cc1nc(-c2cc(Cl)cc(C#N)c2)cs1. The Kier molecular flexibility index (Phi) is 5.14. The van der Waals surface area contributed by atoms with E-state index in [0.29, 0.717) is 10.6 Å². The monoisotopic (exact) mass is 264 g/mol. The first-order chi connectivity index (χ1) is 8.19. The van der Waals surface area contributed by atoms with Crippen LogP contribution >= 0.6 is 22.9 Å². The van der Waals surface area contributed by atoms with E-state index >= 15 is 0 Å². The second kappa shape index (κ2) is 6.39. The molecule has 0 radical (unpaired) electrons. The zero-order valence-corrected chi connectivity index (χ0v) is 11.6. The summed E-state index contributed by atoms with van der Waals surface area (Å²) in [7, 11) is 0. The molecule has 4 heteroatoms. The lowest BCUT2D eigenvalue weighted by atomic mass is 10.1. The Morgan fingerprint density at radius 2 is 2.00 bits per heavy atom. The molecule has 0 fully saturated rings. The first-order valence-corrected chi connectivity index (χ1v) is 6.58. The topological polar surface area (TPSA) is 36.7 Å². The molecule has 2 rings (SSSR count). The first-order valence-electron chi connectivity index (χ1n) is 5.32. The first kappa shape index (κ1) is 13.7. The van der Waals surface area contributed by atoms with Crippen molar-refractivity contribution in [3.05, 3.63) is 39.2 Å². The Morgan fingerprint density at radius 1 is 1.29 bits per heavy atom. The zero-order chi connectivity index (χ0) is 12.8. The molecule has 0 spiro atoms. The van der Waals surface area contributed by atoms with E-state index in [9.17, 15) is 0 Å². The molecule has 0 unspecified atom stereocenters. The lowest BCUT2D eigenvalue weighted by molar-refractivity contribution is 1.30. The van der Waals surface area contributed by atoms with Gasteiger partial charge >= 0.3 is 0 Å². The molecular weight excluding hydrogens is 252 g/mol. The normalized spacial score (nSPS) is 9.12. The van der Waals surface area contributed by atoms with Crippen LogP contribution in [-0.4, -0.2) is 4.98 Å². The summed E-state index contributed by atoms with van der Waals surface area (Å²) >= 11 is 7.49. The second-order valence-electron chi connectivity index (χ2n) is 3.09. The average Bonchev–Trinajstić information content (AvgIpc) is 2.78. The van der Waals surface area contributed by atoms with Crippen LogP contribution in [0.15, 0.2) is 23.6 Å². The van der Waals surface area contributed by atoms with E-state index in [0.717, 1.165) is 16.3 Å². The predicted octanol–water partition coefficient (Wildman–Crippen LogP) is 4.67. The maximum absolute atomic E-state index is 8.81. The Morgan fingerprint density at radius 3 is 2.53 bits per heavy atom. The molecule has 0 aliphatic carbocycles. The molecule has 0 saturated carbocycles. The lowest BCUT2D eigenvalue weighted by Gasteiger charge is -1.98. The second-order valence-corrected chi connectivity index (χ2v) is 4.59. The number of aryl methyl sites for hydroxylation is 1. The molecular formula is C13H13ClN2S. The van der Waals surface area contributed by atoms with E-state index in [1.165, 1.54) is 0 Å². The van der Waals surface area contributed by atoms with Crippen molar-refractivity contribution in [3.8, 4) is 17.3 Å². The number of benzene rings is 1. The van der Waals surface area contributed by atoms with Gasteiger partial charge in [-0.15, -0.1) is 11.3 Å². The van der Waals surface area contributed by atoms with Crippen molar-refractivity contribution in [1.29, 1.82) is 5.26 Å². The number of nitrogens with zero attached hydrogens (tertiary/aromatic N) is 2. The van der Waals surface area contributed by atoms with E-state index in [2.05, 4.69) is 11.1 Å². The highest BCUT2D eigenvalue weighted by molar-refractivity contribution is 7.09. The van der Waals surface area contributed by atoms with Gasteiger partial charge in [-0.2, -0.15) is 5.26 Å². The minimum Gasteiger partial charge on any atom is -0.242 e. The lowest BCUT2D eigenvalue weighted by Crippen LogP contribution is -1.81. The Labute approximate surface area is 111 Å². The Balaban J connectivity index is 0.000000686. The van der Waals surface area contributed by atoms with Crippen molar-refractivity contribution in [2.24, 2.45) is 0 Å².